The van der Waals surface area contributed by atoms with Gasteiger partial charge in [0, 0.05) is 69.7 Å². The molecular weight excluding hydrogens is 789 g/mol. The average molecular weight is 823 g/mol. The molecule has 0 aliphatic carbocycles. The van der Waals surface area contributed by atoms with Gasteiger partial charge in [-0.3, -0.25) is 0 Å². The first-order chi connectivity index (χ1) is 31.2. The fraction of sp³-hybridized carbons (Fsp3) is 0. The first-order valence-electron chi connectivity index (χ1n) is 21.1. The van der Waals surface area contributed by atoms with Crippen molar-refractivity contribution in [3.05, 3.63) is 206 Å². The maximum absolute atomic E-state index is 6.27. The lowest BCUT2D eigenvalue weighted by Gasteiger charge is -2.13. The van der Waals surface area contributed by atoms with E-state index in [0.717, 1.165) is 44.3 Å². The van der Waals surface area contributed by atoms with Crippen molar-refractivity contribution in [3.8, 4) is 62.1 Å². The van der Waals surface area contributed by atoms with Crippen LogP contribution in [-0.2, 0) is 0 Å². The number of hydrogen-bond acceptors (Lipinski definition) is 5. The van der Waals surface area contributed by atoms with Gasteiger partial charge >= 0.3 is 0 Å². The maximum Gasteiger partial charge on any atom is 0.164 e. The Morgan fingerprint density at radius 1 is 0.349 bits per heavy atom. The van der Waals surface area contributed by atoms with E-state index in [1.165, 1.54) is 64.2 Å². The summed E-state index contributed by atoms with van der Waals surface area (Å²) >= 11 is 1.82. The number of para-hydroxylation sites is 3. The molecule has 0 amide bonds. The summed E-state index contributed by atoms with van der Waals surface area (Å²) in [7, 11) is 0. The SMILES string of the molecule is c1ccc(-c2nc(-c3ccc4c(c3)oc3ccccc34)nc(-c3ccc4c(c3)sc3c(-c5ccccc5-c5ccc6c7ccccc7n(-c7ccccc7)c6c5)cccc34)n2)cc1. The van der Waals surface area contributed by atoms with Crippen LogP contribution in [0.5, 0.6) is 0 Å². The average Bonchev–Trinajstić information content (AvgIpc) is 4.03. The minimum atomic E-state index is 0.596. The van der Waals surface area contributed by atoms with E-state index in [1.807, 2.05) is 65.9 Å². The van der Waals surface area contributed by atoms with Crippen LogP contribution < -0.4 is 0 Å². The number of thiophene rings is 1. The Hall–Kier alpha value is -8.19. The molecule has 0 spiro atoms. The third kappa shape index (κ3) is 5.80. The summed E-state index contributed by atoms with van der Waals surface area (Å²) in [5.74, 6) is 1.84. The maximum atomic E-state index is 6.27. The summed E-state index contributed by atoms with van der Waals surface area (Å²) in [6.45, 7) is 0. The molecule has 13 aromatic rings. The van der Waals surface area contributed by atoms with Gasteiger partial charge in [-0.2, -0.15) is 0 Å². The molecule has 0 aliphatic heterocycles. The topological polar surface area (TPSA) is 56.7 Å². The van der Waals surface area contributed by atoms with Crippen molar-refractivity contribution in [1.29, 1.82) is 0 Å². The van der Waals surface area contributed by atoms with Gasteiger partial charge in [0.15, 0.2) is 17.5 Å². The summed E-state index contributed by atoms with van der Waals surface area (Å²) in [5.41, 5.74) is 12.7. The van der Waals surface area contributed by atoms with Crippen molar-refractivity contribution in [3.63, 3.8) is 0 Å². The third-order valence-corrected chi connectivity index (χ3v) is 13.5. The standard InChI is InChI=1S/C57H34N4OS/c1-3-14-35(15-4-1)55-58-56(37-27-30-45-44-21-10-12-25-51(44)62-52(45)33-37)60-57(59-55)38-28-31-46-48-23-13-22-47(54(48)63-53(46)34-38)41-19-8-7-18-40(41)36-26-29-43-42-20-9-11-24-49(42)61(50(43)32-36)39-16-5-2-6-17-39/h1-34H. The number of nitrogens with zero attached hydrogens (tertiary/aromatic N) is 4. The highest BCUT2D eigenvalue weighted by Gasteiger charge is 2.19. The Morgan fingerprint density at radius 3 is 1.75 bits per heavy atom. The highest BCUT2D eigenvalue weighted by atomic mass is 32.1. The van der Waals surface area contributed by atoms with Crippen LogP contribution in [0.1, 0.15) is 0 Å². The largest absolute Gasteiger partial charge is 0.456 e. The molecule has 13 rings (SSSR count). The number of rotatable bonds is 6. The highest BCUT2D eigenvalue weighted by Crippen LogP contribution is 2.45. The zero-order valence-electron chi connectivity index (χ0n) is 33.7. The van der Waals surface area contributed by atoms with Crippen molar-refractivity contribution >= 4 is 75.3 Å². The number of furan rings is 1. The molecule has 4 heterocycles. The second-order valence-corrected chi connectivity index (χ2v) is 17.0. The molecule has 0 bridgehead atoms. The second-order valence-electron chi connectivity index (χ2n) is 15.9. The van der Waals surface area contributed by atoms with Crippen molar-refractivity contribution in [1.82, 2.24) is 19.5 Å². The predicted molar refractivity (Wildman–Crippen MR) is 262 cm³/mol. The lowest BCUT2D eigenvalue weighted by Crippen LogP contribution is -2.00. The monoisotopic (exact) mass is 822 g/mol. The van der Waals surface area contributed by atoms with Crippen LogP contribution >= 0.6 is 11.3 Å². The number of benzene rings is 9. The van der Waals surface area contributed by atoms with E-state index in [1.54, 1.807) is 0 Å². The van der Waals surface area contributed by atoms with Crippen molar-refractivity contribution < 1.29 is 4.42 Å². The minimum Gasteiger partial charge on any atom is -0.456 e. The van der Waals surface area contributed by atoms with E-state index in [4.69, 9.17) is 19.4 Å². The lowest BCUT2D eigenvalue weighted by molar-refractivity contribution is 0.669. The fourth-order valence-electron chi connectivity index (χ4n) is 9.33. The normalized spacial score (nSPS) is 11.8. The predicted octanol–water partition coefficient (Wildman–Crippen LogP) is 15.6. The van der Waals surface area contributed by atoms with Gasteiger partial charge in [0.1, 0.15) is 11.2 Å². The summed E-state index contributed by atoms with van der Waals surface area (Å²) in [6.07, 6.45) is 0. The molecule has 5 nitrogen and oxygen atoms in total. The van der Waals surface area contributed by atoms with E-state index >= 15 is 0 Å². The number of fused-ring (bicyclic) bond motifs is 9. The van der Waals surface area contributed by atoms with Gasteiger partial charge in [0.05, 0.1) is 11.0 Å². The highest BCUT2D eigenvalue weighted by molar-refractivity contribution is 7.26. The van der Waals surface area contributed by atoms with Gasteiger partial charge in [-0.25, -0.2) is 15.0 Å². The van der Waals surface area contributed by atoms with Crippen molar-refractivity contribution in [2.75, 3.05) is 0 Å². The van der Waals surface area contributed by atoms with Gasteiger partial charge < -0.3 is 8.98 Å². The van der Waals surface area contributed by atoms with Gasteiger partial charge in [-0.1, -0.05) is 158 Å². The van der Waals surface area contributed by atoms with Gasteiger partial charge in [-0.05, 0) is 65.2 Å². The minimum absolute atomic E-state index is 0.596. The molecule has 0 saturated carbocycles. The molecule has 4 aromatic heterocycles. The van der Waals surface area contributed by atoms with E-state index in [-0.39, 0.29) is 0 Å². The van der Waals surface area contributed by atoms with Crippen LogP contribution in [0.3, 0.4) is 0 Å². The smallest absolute Gasteiger partial charge is 0.164 e. The number of aromatic nitrogens is 4. The molecule has 0 aliphatic rings. The van der Waals surface area contributed by atoms with Crippen LogP contribution in [0.15, 0.2) is 211 Å². The van der Waals surface area contributed by atoms with E-state index in [2.05, 4.69) is 156 Å². The van der Waals surface area contributed by atoms with Crippen LogP contribution in [-0.4, -0.2) is 19.5 Å². The van der Waals surface area contributed by atoms with Crippen LogP contribution in [0, 0.1) is 0 Å². The molecule has 0 N–H and O–H groups in total. The molecule has 9 aromatic carbocycles. The Balaban J connectivity index is 0.939. The van der Waals surface area contributed by atoms with Crippen LogP contribution in [0.4, 0.5) is 0 Å². The van der Waals surface area contributed by atoms with Gasteiger partial charge in [0.2, 0.25) is 0 Å². The van der Waals surface area contributed by atoms with Crippen molar-refractivity contribution in [2.45, 2.75) is 0 Å². The molecule has 0 fully saturated rings. The summed E-state index contributed by atoms with van der Waals surface area (Å²) in [5, 5.41) is 7.09. The van der Waals surface area contributed by atoms with Crippen molar-refractivity contribution in [2.24, 2.45) is 0 Å². The molecule has 0 radical (unpaired) electrons. The second kappa shape index (κ2) is 14.2. The Morgan fingerprint density at radius 2 is 0.921 bits per heavy atom. The van der Waals surface area contributed by atoms with Crippen LogP contribution in [0.25, 0.3) is 126 Å². The molecular formula is C57H34N4OS. The number of hydrogen-bond donors (Lipinski definition) is 0. The molecule has 0 unspecified atom stereocenters. The molecule has 0 atom stereocenters. The van der Waals surface area contributed by atoms with E-state index in [9.17, 15) is 0 Å². The third-order valence-electron chi connectivity index (χ3n) is 12.3. The molecule has 6 heteroatoms. The van der Waals surface area contributed by atoms with E-state index < -0.39 is 0 Å². The molecule has 294 valence electrons. The van der Waals surface area contributed by atoms with Gasteiger partial charge in [0.25, 0.3) is 0 Å². The van der Waals surface area contributed by atoms with E-state index in [0.29, 0.717) is 17.5 Å². The zero-order chi connectivity index (χ0) is 41.4. The summed E-state index contributed by atoms with van der Waals surface area (Å²) < 4.78 is 11.1. The van der Waals surface area contributed by atoms with Gasteiger partial charge in [-0.15, -0.1) is 11.3 Å². The molecule has 0 saturated heterocycles. The first kappa shape index (κ1) is 35.6. The summed E-state index contributed by atoms with van der Waals surface area (Å²) in [6, 6.07) is 72.9. The lowest BCUT2D eigenvalue weighted by atomic mass is 9.93. The van der Waals surface area contributed by atoms with Crippen LogP contribution in [0.2, 0.25) is 0 Å². The fourth-order valence-corrected chi connectivity index (χ4v) is 10.6. The summed E-state index contributed by atoms with van der Waals surface area (Å²) in [4.78, 5) is 15.2. The Kier molecular flexibility index (Phi) is 8.01. The molecule has 63 heavy (non-hydrogen) atoms. The zero-order valence-corrected chi connectivity index (χ0v) is 34.6. The Bertz CT molecular complexity index is 3920. The Labute approximate surface area is 365 Å². The first-order valence-corrected chi connectivity index (χ1v) is 21.9. The quantitative estimate of drug-likeness (QED) is 0.168.